The second kappa shape index (κ2) is 3.29. The second-order valence-corrected chi connectivity index (χ2v) is 4.18. The van der Waals surface area contributed by atoms with Gasteiger partial charge in [0.1, 0.15) is 0 Å². The Labute approximate surface area is 62.5 Å². The Morgan fingerprint density at radius 2 is 1.86 bits per heavy atom. The maximum absolute atomic E-state index is 5.30. The Morgan fingerprint density at radius 3 is 1.86 bits per heavy atom. The number of rotatable bonds is 1. The van der Waals surface area contributed by atoms with Gasteiger partial charge in [0.2, 0.25) is 0 Å². The molecular weight excluding hydrogens is 174 g/mol. The van der Waals surface area contributed by atoms with Gasteiger partial charge in [-0.1, -0.05) is 34.8 Å². The molecule has 0 fully saturated rings. The molecule has 1 radical (unpaired) electrons. The van der Waals surface area contributed by atoms with Crippen LogP contribution in [0.3, 0.4) is 0 Å². The highest BCUT2D eigenvalue weighted by atomic mass is 35.6. The highest BCUT2D eigenvalue weighted by Gasteiger charge is 2.17. The van der Waals surface area contributed by atoms with Crippen molar-refractivity contribution in [1.82, 2.24) is 0 Å². The molecule has 0 aliphatic carbocycles. The van der Waals surface area contributed by atoms with Crippen LogP contribution in [0.25, 0.3) is 0 Å². The van der Waals surface area contributed by atoms with E-state index in [1.807, 2.05) is 0 Å². The highest BCUT2D eigenvalue weighted by Crippen LogP contribution is 2.29. The van der Waals surface area contributed by atoms with Crippen molar-refractivity contribution >= 4 is 46.6 Å². The molecule has 0 amide bonds. The Bertz CT molecular complexity index is 48.6. The summed E-state index contributed by atoms with van der Waals surface area (Å²) in [7, 11) is 0. The first-order valence-corrected chi connectivity index (χ1v) is 3.79. The number of alkyl halides is 3. The molecule has 0 heterocycles. The van der Waals surface area contributed by atoms with E-state index in [1.165, 1.54) is 11.8 Å². The third-order valence-corrected chi connectivity index (χ3v) is 1.78. The van der Waals surface area contributed by atoms with Gasteiger partial charge in [-0.3, -0.25) is 0 Å². The zero-order valence-corrected chi connectivity index (χ0v) is 6.54. The van der Waals surface area contributed by atoms with E-state index in [4.69, 9.17) is 34.8 Å². The highest BCUT2D eigenvalue weighted by molar-refractivity contribution is 8.00. The summed E-state index contributed by atoms with van der Waals surface area (Å²) >= 11 is 17.2. The average Bonchev–Trinajstić information content (AvgIpc) is 1.30. The van der Waals surface area contributed by atoms with Crippen LogP contribution in [0.2, 0.25) is 0 Å². The van der Waals surface area contributed by atoms with Crippen molar-refractivity contribution in [2.45, 2.75) is 3.79 Å². The van der Waals surface area contributed by atoms with Gasteiger partial charge in [-0.25, -0.2) is 0 Å². The molecule has 0 aliphatic heterocycles. The van der Waals surface area contributed by atoms with Crippen LogP contribution < -0.4 is 0 Å². The van der Waals surface area contributed by atoms with Crippen LogP contribution in [0, 0.1) is 6.26 Å². The zero-order chi connectivity index (χ0) is 5.91. The van der Waals surface area contributed by atoms with Gasteiger partial charge in [0.05, 0.1) is 0 Å². The summed E-state index contributed by atoms with van der Waals surface area (Å²) in [5, 5.41) is 0. The van der Waals surface area contributed by atoms with Crippen molar-refractivity contribution in [3.05, 3.63) is 6.26 Å². The summed E-state index contributed by atoms with van der Waals surface area (Å²) in [6.45, 7) is 0. The Kier molecular flexibility index (Phi) is 3.86. The van der Waals surface area contributed by atoms with Gasteiger partial charge in [-0.15, -0.1) is 0 Å². The molecule has 0 aromatic carbocycles. The van der Waals surface area contributed by atoms with Crippen LogP contribution in [0.1, 0.15) is 0 Å². The van der Waals surface area contributed by atoms with Gasteiger partial charge in [0.25, 0.3) is 0 Å². The van der Waals surface area contributed by atoms with E-state index in [-0.39, 0.29) is 0 Å². The van der Waals surface area contributed by atoms with Crippen molar-refractivity contribution < 1.29 is 0 Å². The van der Waals surface area contributed by atoms with Crippen LogP contribution in [0.5, 0.6) is 0 Å². The van der Waals surface area contributed by atoms with Gasteiger partial charge in [-0.05, 0) is 0 Å². The summed E-state index contributed by atoms with van der Waals surface area (Å²) in [6, 6.07) is 0. The largest absolute Gasteiger partial charge is 0.199 e. The summed E-state index contributed by atoms with van der Waals surface area (Å²) in [5.74, 6) is 0.442. The third kappa shape index (κ3) is 7.22. The lowest BCUT2D eigenvalue weighted by Gasteiger charge is -2.05. The van der Waals surface area contributed by atoms with Crippen LogP contribution in [-0.2, 0) is 0 Å². The zero-order valence-electron chi connectivity index (χ0n) is 3.46. The molecule has 43 valence electrons. The number of thioether (sulfide) groups is 1. The summed E-state index contributed by atoms with van der Waals surface area (Å²) in [4.78, 5) is 0. The van der Waals surface area contributed by atoms with Crippen LogP contribution in [-0.4, -0.2) is 9.55 Å². The van der Waals surface area contributed by atoms with Crippen LogP contribution in [0.15, 0.2) is 0 Å². The molecule has 0 bridgehead atoms. The molecule has 0 nitrogen and oxygen atoms in total. The molecule has 0 spiro atoms. The molecule has 0 aromatic rings. The predicted molar refractivity (Wildman–Crippen MR) is 38.1 cm³/mol. The minimum atomic E-state index is -1.13. The lowest BCUT2D eigenvalue weighted by atomic mass is 10.9. The Morgan fingerprint density at radius 1 is 1.43 bits per heavy atom. The molecule has 0 aliphatic rings. The fourth-order valence-corrected chi connectivity index (χ4v) is 1.04. The Balaban J connectivity index is 3.15. The van der Waals surface area contributed by atoms with E-state index >= 15 is 0 Å². The van der Waals surface area contributed by atoms with Crippen LogP contribution in [0.4, 0.5) is 0 Å². The van der Waals surface area contributed by atoms with E-state index in [0.717, 1.165) is 0 Å². The lowest BCUT2D eigenvalue weighted by Crippen LogP contribution is -2.03. The first kappa shape index (κ1) is 8.22. The average molecular weight is 178 g/mol. The molecule has 0 N–H and O–H groups in total. The molecule has 0 saturated carbocycles. The maximum Gasteiger partial charge on any atom is 0.199 e. The van der Waals surface area contributed by atoms with Gasteiger partial charge in [0, 0.05) is 12.0 Å². The predicted octanol–water partition coefficient (Wildman–Crippen LogP) is 2.88. The molecule has 0 atom stereocenters. The van der Waals surface area contributed by atoms with E-state index in [9.17, 15) is 0 Å². The summed E-state index contributed by atoms with van der Waals surface area (Å²) in [6.07, 6.45) is 3.43. The van der Waals surface area contributed by atoms with Gasteiger partial charge in [0.15, 0.2) is 3.79 Å². The first-order chi connectivity index (χ1) is 3.06. The van der Waals surface area contributed by atoms with Crippen molar-refractivity contribution in [3.8, 4) is 0 Å². The fourth-order valence-electron chi connectivity index (χ4n) is 0.116. The van der Waals surface area contributed by atoms with E-state index in [0.29, 0.717) is 5.75 Å². The topological polar surface area (TPSA) is 0 Å². The van der Waals surface area contributed by atoms with Crippen molar-refractivity contribution in [1.29, 1.82) is 0 Å². The number of halogens is 3. The van der Waals surface area contributed by atoms with E-state index < -0.39 is 3.79 Å². The monoisotopic (exact) mass is 177 g/mol. The van der Waals surface area contributed by atoms with Crippen LogP contribution >= 0.6 is 46.6 Å². The van der Waals surface area contributed by atoms with E-state index in [1.54, 1.807) is 0 Å². The standard InChI is InChI=1S/C3H4Cl3S/c1-7-2-3(4,5)6/h1-2H2. The van der Waals surface area contributed by atoms with Crippen molar-refractivity contribution in [2.75, 3.05) is 5.75 Å². The number of hydrogen-bond acceptors (Lipinski definition) is 1. The van der Waals surface area contributed by atoms with Crippen molar-refractivity contribution in [3.63, 3.8) is 0 Å². The smallest absolute Gasteiger partial charge is 0.157 e. The fraction of sp³-hybridized carbons (Fsp3) is 0.667. The molecule has 0 saturated heterocycles. The minimum Gasteiger partial charge on any atom is -0.157 e. The molecule has 0 aromatic heterocycles. The molecular formula is C3H4Cl3S. The molecule has 0 unspecified atom stereocenters. The third-order valence-electron chi connectivity index (χ3n) is 0.266. The molecule has 4 heteroatoms. The first-order valence-electron chi connectivity index (χ1n) is 1.50. The van der Waals surface area contributed by atoms with Crippen molar-refractivity contribution in [2.24, 2.45) is 0 Å². The van der Waals surface area contributed by atoms with Gasteiger partial charge < -0.3 is 0 Å². The summed E-state index contributed by atoms with van der Waals surface area (Å²) < 4.78 is -1.13. The second-order valence-electron chi connectivity index (χ2n) is 0.964. The molecule has 7 heavy (non-hydrogen) atoms. The normalized spacial score (nSPS) is 12.0. The summed E-state index contributed by atoms with van der Waals surface area (Å²) in [5.41, 5.74) is 0. The lowest BCUT2D eigenvalue weighted by molar-refractivity contribution is 1.30. The SMILES string of the molecule is [CH2]SCC(Cl)(Cl)Cl. The minimum absolute atomic E-state index is 0.442. The van der Waals surface area contributed by atoms with Gasteiger partial charge in [-0.2, -0.15) is 11.8 Å². The number of hydrogen-bond donors (Lipinski definition) is 0. The molecule has 0 rings (SSSR count). The Hall–Kier alpha value is 1.22. The van der Waals surface area contributed by atoms with Gasteiger partial charge >= 0.3 is 0 Å². The maximum atomic E-state index is 5.30. The quantitative estimate of drug-likeness (QED) is 0.557. The van der Waals surface area contributed by atoms with E-state index in [2.05, 4.69) is 6.26 Å².